The molecular formula is C11H4F5NO2S2. The number of thiazole rings is 1. The Morgan fingerprint density at radius 1 is 1.05 bits per heavy atom. The van der Waals surface area contributed by atoms with E-state index in [1.54, 1.807) is 0 Å². The summed E-state index contributed by atoms with van der Waals surface area (Å²) in [6.45, 7) is 1.35. The predicted octanol–water partition coefficient (Wildman–Crippen LogP) is 4.00. The molecule has 0 radical (unpaired) electrons. The Morgan fingerprint density at radius 3 is 1.95 bits per heavy atom. The number of carboxylic acid groups (broad SMARTS) is 1. The number of hydrogen-bond donors (Lipinski definition) is 1. The van der Waals surface area contributed by atoms with E-state index in [0.29, 0.717) is 11.3 Å². The first-order valence-electron chi connectivity index (χ1n) is 5.14. The number of halogens is 5. The third-order valence-corrected chi connectivity index (χ3v) is 4.60. The lowest BCUT2D eigenvalue weighted by Gasteiger charge is -2.05. The zero-order valence-electron chi connectivity index (χ0n) is 10.0. The Kier molecular flexibility index (Phi) is 4.19. The van der Waals surface area contributed by atoms with E-state index >= 15 is 0 Å². The molecule has 2 aromatic rings. The van der Waals surface area contributed by atoms with Gasteiger partial charge < -0.3 is 5.11 Å². The fourth-order valence-electron chi connectivity index (χ4n) is 1.38. The largest absolute Gasteiger partial charge is 0.477 e. The summed E-state index contributed by atoms with van der Waals surface area (Å²) in [4.78, 5) is 13.2. The van der Waals surface area contributed by atoms with Crippen LogP contribution in [0.4, 0.5) is 22.0 Å². The highest BCUT2D eigenvalue weighted by molar-refractivity contribution is 8.01. The van der Waals surface area contributed by atoms with E-state index in [9.17, 15) is 26.7 Å². The van der Waals surface area contributed by atoms with Gasteiger partial charge in [-0.15, -0.1) is 11.3 Å². The summed E-state index contributed by atoms with van der Waals surface area (Å²) < 4.78 is 65.7. The van der Waals surface area contributed by atoms with Crippen LogP contribution in [0.5, 0.6) is 0 Å². The summed E-state index contributed by atoms with van der Waals surface area (Å²) in [7, 11) is 0. The second-order valence-electron chi connectivity index (χ2n) is 3.70. The van der Waals surface area contributed by atoms with E-state index in [4.69, 9.17) is 5.11 Å². The Hall–Kier alpha value is -1.68. The summed E-state index contributed by atoms with van der Waals surface area (Å²) in [5.41, 5.74) is 0.0823. The van der Waals surface area contributed by atoms with Crippen LogP contribution in [-0.2, 0) is 0 Å². The average molecular weight is 341 g/mol. The third-order valence-electron chi connectivity index (χ3n) is 2.33. The van der Waals surface area contributed by atoms with Crippen LogP contribution < -0.4 is 0 Å². The van der Waals surface area contributed by atoms with Crippen LogP contribution in [0.2, 0.25) is 0 Å². The highest BCUT2D eigenvalue weighted by atomic mass is 32.2. The van der Waals surface area contributed by atoms with Crippen LogP contribution in [0.3, 0.4) is 0 Å². The Morgan fingerprint density at radius 2 is 1.52 bits per heavy atom. The molecule has 3 nitrogen and oxygen atoms in total. The zero-order valence-corrected chi connectivity index (χ0v) is 11.6. The van der Waals surface area contributed by atoms with Crippen LogP contribution in [0, 0.1) is 36.0 Å². The molecular weight excluding hydrogens is 337 g/mol. The summed E-state index contributed by atoms with van der Waals surface area (Å²) in [6.07, 6.45) is 0. The van der Waals surface area contributed by atoms with Gasteiger partial charge in [0.2, 0.25) is 5.82 Å². The van der Waals surface area contributed by atoms with Gasteiger partial charge >= 0.3 is 5.97 Å². The van der Waals surface area contributed by atoms with Gasteiger partial charge in [0, 0.05) is 0 Å². The van der Waals surface area contributed by atoms with Crippen LogP contribution in [0.1, 0.15) is 15.4 Å². The van der Waals surface area contributed by atoms with Gasteiger partial charge in [0.05, 0.1) is 10.6 Å². The maximum Gasteiger partial charge on any atom is 0.347 e. The van der Waals surface area contributed by atoms with E-state index in [0.717, 1.165) is 0 Å². The smallest absolute Gasteiger partial charge is 0.347 e. The van der Waals surface area contributed by atoms with E-state index in [1.807, 2.05) is 0 Å². The maximum atomic E-state index is 13.5. The molecule has 1 N–H and O–H groups in total. The number of rotatable bonds is 3. The van der Waals surface area contributed by atoms with Gasteiger partial charge in [0.15, 0.2) is 27.6 Å². The van der Waals surface area contributed by atoms with Gasteiger partial charge in [-0.05, 0) is 6.92 Å². The minimum absolute atomic E-state index is 0.0823. The first-order chi connectivity index (χ1) is 9.73. The Bertz CT molecular complexity index is 718. The molecule has 0 aliphatic carbocycles. The highest BCUT2D eigenvalue weighted by Gasteiger charge is 2.27. The van der Waals surface area contributed by atoms with Crippen LogP contribution in [-0.4, -0.2) is 16.1 Å². The van der Waals surface area contributed by atoms with Crippen LogP contribution in [0.25, 0.3) is 0 Å². The van der Waals surface area contributed by atoms with Gasteiger partial charge in [-0.25, -0.2) is 31.7 Å². The molecule has 0 saturated heterocycles. The van der Waals surface area contributed by atoms with Gasteiger partial charge in [-0.3, -0.25) is 0 Å². The van der Waals surface area contributed by atoms with Crippen molar-refractivity contribution in [2.24, 2.45) is 0 Å². The fourth-order valence-corrected chi connectivity index (χ4v) is 3.40. The number of carboxylic acids is 1. The van der Waals surface area contributed by atoms with Gasteiger partial charge in [0.1, 0.15) is 4.88 Å². The first kappa shape index (κ1) is 15.7. The standard InChI is InChI=1S/C11H4F5NO2S2/c1-2-8(10(18)19)20-11(17-2)21-9-6(15)4(13)3(12)5(14)7(9)16/h1H3,(H,18,19). The van der Waals surface area contributed by atoms with E-state index < -0.39 is 40.0 Å². The topological polar surface area (TPSA) is 50.2 Å². The maximum absolute atomic E-state index is 13.5. The molecule has 0 saturated carbocycles. The van der Waals surface area contributed by atoms with E-state index in [1.165, 1.54) is 6.92 Å². The molecule has 1 aromatic heterocycles. The van der Waals surface area contributed by atoms with Crippen molar-refractivity contribution >= 4 is 29.1 Å². The molecule has 0 unspecified atom stereocenters. The molecule has 0 fully saturated rings. The predicted molar refractivity (Wildman–Crippen MR) is 64.2 cm³/mol. The quantitative estimate of drug-likeness (QED) is 0.521. The molecule has 0 aliphatic rings. The summed E-state index contributed by atoms with van der Waals surface area (Å²) in [5.74, 6) is -11.7. The van der Waals surface area contributed by atoms with Gasteiger partial charge in [-0.1, -0.05) is 11.8 Å². The molecule has 2 rings (SSSR count). The van der Waals surface area contributed by atoms with Crippen molar-refractivity contribution in [2.75, 3.05) is 0 Å². The van der Waals surface area contributed by atoms with E-state index in [2.05, 4.69) is 4.98 Å². The number of aryl methyl sites for hydroxylation is 1. The second-order valence-corrected chi connectivity index (χ2v) is 5.96. The van der Waals surface area contributed by atoms with Crippen molar-refractivity contribution < 1.29 is 31.9 Å². The fraction of sp³-hybridized carbons (Fsp3) is 0.0909. The molecule has 112 valence electrons. The molecule has 0 atom stereocenters. The zero-order chi connectivity index (χ0) is 15.9. The summed E-state index contributed by atoms with van der Waals surface area (Å²) >= 11 is 0.754. The van der Waals surface area contributed by atoms with Crippen molar-refractivity contribution in [2.45, 2.75) is 16.2 Å². The number of aromatic carboxylic acids is 1. The number of hydrogen-bond acceptors (Lipinski definition) is 4. The van der Waals surface area contributed by atoms with Gasteiger partial charge in [0.25, 0.3) is 0 Å². The molecule has 0 spiro atoms. The lowest BCUT2D eigenvalue weighted by atomic mass is 10.3. The average Bonchev–Trinajstić information content (AvgIpc) is 2.80. The molecule has 0 bridgehead atoms. The van der Waals surface area contributed by atoms with Crippen molar-refractivity contribution in [3.05, 3.63) is 39.7 Å². The van der Waals surface area contributed by atoms with Crippen molar-refractivity contribution in [1.29, 1.82) is 0 Å². The molecule has 0 aliphatic heterocycles. The highest BCUT2D eigenvalue weighted by Crippen LogP contribution is 2.38. The minimum atomic E-state index is -2.25. The monoisotopic (exact) mass is 341 g/mol. The number of benzene rings is 1. The molecule has 10 heteroatoms. The normalized spacial score (nSPS) is 11.0. The van der Waals surface area contributed by atoms with Crippen molar-refractivity contribution in [3.63, 3.8) is 0 Å². The first-order valence-corrected chi connectivity index (χ1v) is 6.77. The third kappa shape index (κ3) is 2.72. The Labute approximate surface area is 122 Å². The second kappa shape index (κ2) is 5.60. The minimum Gasteiger partial charge on any atom is -0.477 e. The molecule has 21 heavy (non-hydrogen) atoms. The summed E-state index contributed by atoms with van der Waals surface area (Å²) in [6, 6.07) is 0. The van der Waals surface area contributed by atoms with Crippen LogP contribution >= 0.6 is 23.1 Å². The number of aromatic nitrogens is 1. The van der Waals surface area contributed by atoms with Crippen LogP contribution in [0.15, 0.2) is 9.24 Å². The Balaban J connectivity index is 2.50. The van der Waals surface area contributed by atoms with Crippen molar-refractivity contribution in [1.82, 2.24) is 4.98 Å². The summed E-state index contributed by atoms with van der Waals surface area (Å²) in [5, 5.41) is 8.82. The number of carbonyl (C=O) groups is 1. The molecule has 1 heterocycles. The molecule has 1 aromatic carbocycles. The number of nitrogens with zero attached hydrogens (tertiary/aromatic N) is 1. The van der Waals surface area contributed by atoms with E-state index in [-0.39, 0.29) is 26.7 Å². The lowest BCUT2D eigenvalue weighted by Crippen LogP contribution is -2.03. The molecule has 0 amide bonds. The van der Waals surface area contributed by atoms with Gasteiger partial charge in [-0.2, -0.15) is 0 Å². The van der Waals surface area contributed by atoms with Crippen molar-refractivity contribution in [3.8, 4) is 0 Å². The SMILES string of the molecule is Cc1nc(Sc2c(F)c(F)c(F)c(F)c2F)sc1C(=O)O. The lowest BCUT2D eigenvalue weighted by molar-refractivity contribution is 0.0701.